The first kappa shape index (κ1) is 13.5. The third-order valence-corrected chi connectivity index (χ3v) is 3.25. The molecule has 4 nitrogen and oxygen atoms in total. The normalized spacial score (nSPS) is 12.5. The van der Waals surface area contributed by atoms with Crippen LogP contribution in [0.15, 0.2) is 42.5 Å². The van der Waals surface area contributed by atoms with Crippen molar-refractivity contribution in [2.24, 2.45) is 5.92 Å². The van der Waals surface area contributed by atoms with Crippen LogP contribution in [0.5, 0.6) is 17.2 Å². The van der Waals surface area contributed by atoms with Crippen molar-refractivity contribution in [3.63, 3.8) is 0 Å². The quantitative estimate of drug-likeness (QED) is 0.637. The monoisotopic (exact) mass is 284 g/mol. The third kappa shape index (κ3) is 2.70. The number of benzene rings is 2. The van der Waals surface area contributed by atoms with E-state index in [0.717, 1.165) is 16.9 Å². The molecule has 0 saturated heterocycles. The van der Waals surface area contributed by atoms with Crippen LogP contribution in [0.4, 0.5) is 0 Å². The summed E-state index contributed by atoms with van der Waals surface area (Å²) in [7, 11) is 0. The van der Waals surface area contributed by atoms with Gasteiger partial charge in [-0.25, -0.2) is 0 Å². The number of esters is 1. The molecular weight excluding hydrogens is 268 g/mol. The number of rotatable bonds is 3. The Kier molecular flexibility index (Phi) is 3.52. The van der Waals surface area contributed by atoms with Gasteiger partial charge in [0.05, 0.1) is 5.92 Å². The predicted octanol–water partition coefficient (Wildman–Crippen LogP) is 3.64. The van der Waals surface area contributed by atoms with Gasteiger partial charge < -0.3 is 14.2 Å². The molecule has 0 aliphatic carbocycles. The number of para-hydroxylation sites is 1. The average molecular weight is 284 g/mol. The summed E-state index contributed by atoms with van der Waals surface area (Å²) < 4.78 is 16.2. The number of hydrogen-bond donors (Lipinski definition) is 0. The van der Waals surface area contributed by atoms with Gasteiger partial charge in [0.2, 0.25) is 6.79 Å². The molecule has 0 atom stereocenters. The summed E-state index contributed by atoms with van der Waals surface area (Å²) in [4.78, 5) is 11.8. The Bertz CT molecular complexity index is 676. The van der Waals surface area contributed by atoms with Crippen molar-refractivity contribution in [1.82, 2.24) is 0 Å². The van der Waals surface area contributed by atoms with Gasteiger partial charge in [-0.2, -0.15) is 0 Å². The minimum absolute atomic E-state index is 0.171. The van der Waals surface area contributed by atoms with Gasteiger partial charge in [0.25, 0.3) is 0 Å². The molecule has 108 valence electrons. The zero-order valence-corrected chi connectivity index (χ0v) is 12.0. The van der Waals surface area contributed by atoms with Crippen LogP contribution in [0.2, 0.25) is 0 Å². The second kappa shape index (κ2) is 5.48. The lowest BCUT2D eigenvalue weighted by atomic mass is 10.0. The van der Waals surface area contributed by atoms with Crippen molar-refractivity contribution < 1.29 is 19.0 Å². The summed E-state index contributed by atoms with van der Waals surface area (Å²) in [6.45, 7) is 3.86. The van der Waals surface area contributed by atoms with E-state index in [1.54, 1.807) is 6.07 Å². The Morgan fingerprint density at radius 2 is 1.86 bits per heavy atom. The molecule has 1 heterocycles. The fraction of sp³-hybridized carbons (Fsp3) is 0.235. The zero-order valence-electron chi connectivity index (χ0n) is 12.0. The molecule has 0 amide bonds. The maximum atomic E-state index is 11.8. The number of fused-ring (bicyclic) bond motifs is 1. The summed E-state index contributed by atoms with van der Waals surface area (Å²) in [5.74, 6) is 1.57. The molecule has 0 N–H and O–H groups in total. The van der Waals surface area contributed by atoms with Crippen molar-refractivity contribution in [3.05, 3.63) is 42.5 Å². The Morgan fingerprint density at radius 1 is 1.10 bits per heavy atom. The van der Waals surface area contributed by atoms with Crippen molar-refractivity contribution >= 4 is 5.97 Å². The highest BCUT2D eigenvalue weighted by Crippen LogP contribution is 2.38. The van der Waals surface area contributed by atoms with E-state index in [-0.39, 0.29) is 18.7 Å². The summed E-state index contributed by atoms with van der Waals surface area (Å²) in [5, 5.41) is 0. The zero-order chi connectivity index (χ0) is 14.8. The molecule has 1 aliphatic rings. The van der Waals surface area contributed by atoms with Gasteiger partial charge >= 0.3 is 5.97 Å². The molecule has 0 radical (unpaired) electrons. The lowest BCUT2D eigenvalue weighted by molar-refractivity contribution is -0.137. The standard InChI is InChI=1S/C17H16O4/c1-11(2)17(18)21-14-6-4-3-5-13(14)12-7-8-15-16(9-12)20-10-19-15/h3-9,11H,10H2,1-2H3. The predicted molar refractivity (Wildman–Crippen MR) is 78.5 cm³/mol. The molecule has 0 aromatic heterocycles. The highest BCUT2D eigenvalue weighted by molar-refractivity contribution is 5.79. The molecule has 1 aliphatic heterocycles. The SMILES string of the molecule is CC(C)C(=O)Oc1ccccc1-c1ccc2c(c1)OCO2. The number of ether oxygens (including phenoxy) is 3. The molecule has 0 bridgehead atoms. The largest absolute Gasteiger partial charge is 0.454 e. The summed E-state index contributed by atoms with van der Waals surface area (Å²) in [6.07, 6.45) is 0. The Morgan fingerprint density at radius 3 is 2.67 bits per heavy atom. The van der Waals surface area contributed by atoms with Gasteiger partial charge in [-0.15, -0.1) is 0 Å². The second-order valence-electron chi connectivity index (χ2n) is 5.14. The van der Waals surface area contributed by atoms with Crippen LogP contribution in [-0.4, -0.2) is 12.8 Å². The fourth-order valence-electron chi connectivity index (χ4n) is 2.08. The van der Waals surface area contributed by atoms with Crippen molar-refractivity contribution in [1.29, 1.82) is 0 Å². The van der Waals surface area contributed by atoms with E-state index in [4.69, 9.17) is 14.2 Å². The van der Waals surface area contributed by atoms with E-state index in [0.29, 0.717) is 11.5 Å². The minimum Gasteiger partial charge on any atom is -0.454 e. The lowest BCUT2D eigenvalue weighted by Crippen LogP contribution is -2.15. The molecule has 2 aromatic carbocycles. The molecule has 0 unspecified atom stereocenters. The van der Waals surface area contributed by atoms with E-state index in [2.05, 4.69) is 0 Å². The molecule has 0 saturated carbocycles. The first-order chi connectivity index (χ1) is 10.1. The van der Waals surface area contributed by atoms with Crippen molar-refractivity contribution in [2.75, 3.05) is 6.79 Å². The molecule has 4 heteroatoms. The fourth-order valence-corrected chi connectivity index (χ4v) is 2.08. The number of carbonyl (C=O) groups excluding carboxylic acids is 1. The highest BCUT2D eigenvalue weighted by atomic mass is 16.7. The van der Waals surface area contributed by atoms with E-state index in [1.165, 1.54) is 0 Å². The van der Waals surface area contributed by atoms with E-state index in [9.17, 15) is 4.79 Å². The van der Waals surface area contributed by atoms with E-state index >= 15 is 0 Å². The molecule has 3 rings (SSSR count). The average Bonchev–Trinajstić information content (AvgIpc) is 2.95. The van der Waals surface area contributed by atoms with Gasteiger partial charge in [0.1, 0.15) is 5.75 Å². The van der Waals surface area contributed by atoms with Crippen LogP contribution >= 0.6 is 0 Å². The van der Waals surface area contributed by atoms with E-state index in [1.807, 2.05) is 50.2 Å². The summed E-state index contributed by atoms with van der Waals surface area (Å²) in [6, 6.07) is 13.1. The Balaban J connectivity index is 1.97. The lowest BCUT2D eigenvalue weighted by Gasteiger charge is -2.12. The van der Waals surface area contributed by atoms with Gasteiger partial charge in [-0.05, 0) is 23.8 Å². The summed E-state index contributed by atoms with van der Waals surface area (Å²) >= 11 is 0. The highest BCUT2D eigenvalue weighted by Gasteiger charge is 2.17. The van der Waals surface area contributed by atoms with Crippen LogP contribution in [0.1, 0.15) is 13.8 Å². The van der Waals surface area contributed by atoms with Crippen LogP contribution in [0.3, 0.4) is 0 Å². The second-order valence-corrected chi connectivity index (χ2v) is 5.14. The van der Waals surface area contributed by atoms with Crippen LogP contribution < -0.4 is 14.2 Å². The molecule has 0 spiro atoms. The van der Waals surface area contributed by atoms with E-state index < -0.39 is 0 Å². The van der Waals surface area contributed by atoms with Crippen LogP contribution in [0.25, 0.3) is 11.1 Å². The van der Waals surface area contributed by atoms with Crippen LogP contribution in [-0.2, 0) is 4.79 Å². The molecular formula is C17H16O4. The van der Waals surface area contributed by atoms with Crippen molar-refractivity contribution in [2.45, 2.75) is 13.8 Å². The molecule has 2 aromatic rings. The van der Waals surface area contributed by atoms with Gasteiger partial charge in [0, 0.05) is 5.56 Å². The molecule has 21 heavy (non-hydrogen) atoms. The number of hydrogen-bond acceptors (Lipinski definition) is 4. The number of carbonyl (C=O) groups is 1. The third-order valence-electron chi connectivity index (χ3n) is 3.25. The topological polar surface area (TPSA) is 44.8 Å². The van der Waals surface area contributed by atoms with Gasteiger partial charge in [-0.3, -0.25) is 4.79 Å². The van der Waals surface area contributed by atoms with Crippen LogP contribution in [0, 0.1) is 5.92 Å². The van der Waals surface area contributed by atoms with Gasteiger partial charge in [0.15, 0.2) is 11.5 Å². The first-order valence-electron chi connectivity index (χ1n) is 6.86. The first-order valence-corrected chi connectivity index (χ1v) is 6.86. The maximum absolute atomic E-state index is 11.8. The Hall–Kier alpha value is -2.49. The van der Waals surface area contributed by atoms with Crippen molar-refractivity contribution in [3.8, 4) is 28.4 Å². The molecule has 0 fully saturated rings. The maximum Gasteiger partial charge on any atom is 0.313 e. The Labute approximate surface area is 123 Å². The summed E-state index contributed by atoms with van der Waals surface area (Å²) in [5.41, 5.74) is 1.77. The minimum atomic E-state index is -0.247. The van der Waals surface area contributed by atoms with Gasteiger partial charge in [-0.1, -0.05) is 38.1 Å². The smallest absolute Gasteiger partial charge is 0.313 e.